The maximum absolute atomic E-state index is 12.4. The van der Waals surface area contributed by atoms with Gasteiger partial charge in [0.05, 0.1) is 34.9 Å². The monoisotopic (exact) mass is 366 g/mol. The Bertz CT molecular complexity index is 580. The summed E-state index contributed by atoms with van der Waals surface area (Å²) in [6.07, 6.45) is -4.10. The summed E-state index contributed by atoms with van der Waals surface area (Å²) in [5, 5.41) is 11.7. The number of ether oxygens (including phenoxy) is 1. The molecule has 1 unspecified atom stereocenters. The number of amides is 1. The number of methoxy groups -OCH3 is 1. The first-order valence-electron chi connectivity index (χ1n) is 6.73. The quantitative estimate of drug-likeness (QED) is 0.686. The molecule has 0 radical (unpaired) electrons. The van der Waals surface area contributed by atoms with Crippen LogP contribution in [0.2, 0.25) is 0 Å². The minimum Gasteiger partial charge on any atom is -0.481 e. The van der Waals surface area contributed by atoms with E-state index >= 15 is 0 Å². The van der Waals surface area contributed by atoms with E-state index in [1.54, 1.807) is 0 Å². The van der Waals surface area contributed by atoms with Crippen molar-refractivity contribution in [3.05, 3.63) is 23.9 Å². The van der Waals surface area contributed by atoms with Crippen LogP contribution in [0.5, 0.6) is 0 Å². The van der Waals surface area contributed by atoms with Crippen LogP contribution in [-0.4, -0.2) is 47.0 Å². The summed E-state index contributed by atoms with van der Waals surface area (Å²) in [6, 6.07) is 2.05. The maximum Gasteiger partial charge on any atom is 0.417 e. The Morgan fingerprint density at radius 3 is 2.50 bits per heavy atom. The number of nitrogens with one attached hydrogen (secondary N) is 1. The van der Waals surface area contributed by atoms with Gasteiger partial charge in [0.1, 0.15) is 0 Å². The summed E-state index contributed by atoms with van der Waals surface area (Å²) in [5.74, 6) is -1.67. The van der Waals surface area contributed by atoms with Crippen LogP contribution < -0.4 is 5.32 Å². The van der Waals surface area contributed by atoms with Crippen LogP contribution in [0.15, 0.2) is 23.4 Å². The molecule has 10 heteroatoms. The first-order chi connectivity index (χ1) is 11.1. The van der Waals surface area contributed by atoms with E-state index in [1.807, 2.05) is 0 Å². The standard InChI is InChI=1S/C14H17F3N2O4S/c1-13(8-23-2,5-12(21)22)19-10(20)7-24-11-4-3-9(6-18-11)14(15,16)17/h3-4,6H,5,7-8H2,1-2H3,(H,19,20)(H,21,22). The van der Waals surface area contributed by atoms with E-state index in [0.717, 1.165) is 17.8 Å². The number of halogens is 3. The van der Waals surface area contributed by atoms with Gasteiger partial charge in [-0.25, -0.2) is 4.98 Å². The predicted octanol–water partition coefficient (Wildman–Crippen LogP) is 2.19. The van der Waals surface area contributed by atoms with Crippen molar-refractivity contribution in [1.29, 1.82) is 0 Å². The van der Waals surface area contributed by atoms with E-state index in [-0.39, 0.29) is 23.8 Å². The lowest BCUT2D eigenvalue weighted by molar-refractivity contribution is -0.140. The number of pyridine rings is 1. The molecule has 0 saturated carbocycles. The zero-order chi connectivity index (χ0) is 18.4. The molecule has 0 saturated heterocycles. The molecule has 1 atom stereocenters. The Labute approximate surface area is 140 Å². The van der Waals surface area contributed by atoms with Crippen molar-refractivity contribution < 1.29 is 32.6 Å². The largest absolute Gasteiger partial charge is 0.481 e. The molecule has 0 aliphatic rings. The number of alkyl halides is 3. The molecular weight excluding hydrogens is 349 g/mol. The molecule has 0 fully saturated rings. The summed E-state index contributed by atoms with van der Waals surface area (Å²) in [5.41, 5.74) is -1.95. The zero-order valence-electron chi connectivity index (χ0n) is 13.0. The Hall–Kier alpha value is -1.81. The fourth-order valence-corrected chi connectivity index (χ4v) is 2.57. The number of hydrogen-bond donors (Lipinski definition) is 2. The first-order valence-corrected chi connectivity index (χ1v) is 7.72. The Kier molecular flexibility index (Phi) is 7.03. The molecule has 24 heavy (non-hydrogen) atoms. The molecular formula is C14H17F3N2O4S. The highest BCUT2D eigenvalue weighted by Crippen LogP contribution is 2.29. The molecule has 134 valence electrons. The highest BCUT2D eigenvalue weighted by Gasteiger charge is 2.31. The summed E-state index contributed by atoms with van der Waals surface area (Å²) >= 11 is 0.947. The summed E-state index contributed by atoms with van der Waals surface area (Å²) in [6.45, 7) is 1.54. The number of rotatable bonds is 8. The van der Waals surface area contributed by atoms with Crippen LogP contribution in [0.4, 0.5) is 13.2 Å². The van der Waals surface area contributed by atoms with Crippen LogP contribution in [0.3, 0.4) is 0 Å². The molecule has 0 bridgehead atoms. The van der Waals surface area contributed by atoms with Gasteiger partial charge in [-0.05, 0) is 19.1 Å². The topological polar surface area (TPSA) is 88.5 Å². The fourth-order valence-electron chi connectivity index (χ4n) is 1.93. The van der Waals surface area contributed by atoms with Crippen LogP contribution in [-0.2, 0) is 20.5 Å². The second-order valence-corrected chi connectivity index (χ2v) is 6.28. The molecule has 1 aromatic heterocycles. The van der Waals surface area contributed by atoms with Crippen LogP contribution in [0.1, 0.15) is 18.9 Å². The second-order valence-electron chi connectivity index (χ2n) is 5.28. The molecule has 0 spiro atoms. The van der Waals surface area contributed by atoms with Crippen molar-refractivity contribution in [1.82, 2.24) is 10.3 Å². The SMILES string of the molecule is COCC(C)(CC(=O)O)NC(=O)CSc1ccc(C(F)(F)F)cn1. The minimum absolute atomic E-state index is 0.00817. The van der Waals surface area contributed by atoms with Crippen molar-refractivity contribution in [2.24, 2.45) is 0 Å². The van der Waals surface area contributed by atoms with Gasteiger partial charge in [-0.2, -0.15) is 13.2 Å². The lowest BCUT2D eigenvalue weighted by atomic mass is 9.99. The lowest BCUT2D eigenvalue weighted by Gasteiger charge is -2.28. The van der Waals surface area contributed by atoms with Gasteiger partial charge in [0.2, 0.25) is 5.91 Å². The zero-order valence-corrected chi connectivity index (χ0v) is 13.8. The predicted molar refractivity (Wildman–Crippen MR) is 80.6 cm³/mol. The molecule has 1 amide bonds. The van der Waals surface area contributed by atoms with Gasteiger partial charge in [-0.3, -0.25) is 9.59 Å². The number of aromatic nitrogens is 1. The number of aliphatic carboxylic acids is 1. The molecule has 0 aliphatic carbocycles. The van der Waals surface area contributed by atoms with Crippen molar-refractivity contribution in [2.75, 3.05) is 19.5 Å². The number of carbonyl (C=O) groups excluding carboxylic acids is 1. The molecule has 0 aromatic carbocycles. The second kappa shape index (κ2) is 8.34. The van der Waals surface area contributed by atoms with Crippen molar-refractivity contribution in [2.45, 2.75) is 30.1 Å². The lowest BCUT2D eigenvalue weighted by Crippen LogP contribution is -2.51. The summed E-state index contributed by atoms with van der Waals surface area (Å²) in [4.78, 5) is 26.4. The smallest absolute Gasteiger partial charge is 0.417 e. The number of carboxylic acids is 1. The highest BCUT2D eigenvalue weighted by molar-refractivity contribution is 7.99. The third kappa shape index (κ3) is 6.75. The van der Waals surface area contributed by atoms with E-state index in [1.165, 1.54) is 20.1 Å². The Balaban J connectivity index is 2.60. The van der Waals surface area contributed by atoms with Gasteiger partial charge in [0.25, 0.3) is 0 Å². The van der Waals surface area contributed by atoms with E-state index in [4.69, 9.17) is 9.84 Å². The van der Waals surface area contributed by atoms with Gasteiger partial charge < -0.3 is 15.2 Å². The van der Waals surface area contributed by atoms with Gasteiger partial charge in [-0.1, -0.05) is 11.8 Å². The molecule has 2 N–H and O–H groups in total. The highest BCUT2D eigenvalue weighted by atomic mass is 32.2. The third-order valence-corrected chi connectivity index (χ3v) is 3.80. The average Bonchev–Trinajstić information content (AvgIpc) is 2.43. The van der Waals surface area contributed by atoms with Gasteiger partial charge in [0, 0.05) is 13.3 Å². The van der Waals surface area contributed by atoms with Gasteiger partial charge in [-0.15, -0.1) is 0 Å². The summed E-state index contributed by atoms with van der Waals surface area (Å²) < 4.78 is 42.2. The number of hydrogen-bond acceptors (Lipinski definition) is 5. The fraction of sp³-hybridized carbons (Fsp3) is 0.500. The van der Waals surface area contributed by atoms with E-state index in [0.29, 0.717) is 6.20 Å². The number of thioether (sulfide) groups is 1. The summed E-state index contributed by atoms with van der Waals surface area (Å²) in [7, 11) is 1.38. The molecule has 1 rings (SSSR count). The first kappa shape index (κ1) is 20.2. The molecule has 0 aliphatic heterocycles. The normalized spacial score (nSPS) is 14.0. The van der Waals surface area contributed by atoms with E-state index < -0.39 is 29.2 Å². The van der Waals surface area contributed by atoms with Gasteiger partial charge >= 0.3 is 12.1 Å². The maximum atomic E-state index is 12.4. The Morgan fingerprint density at radius 2 is 2.04 bits per heavy atom. The van der Waals surface area contributed by atoms with Crippen molar-refractivity contribution in [3.8, 4) is 0 Å². The van der Waals surface area contributed by atoms with Crippen molar-refractivity contribution in [3.63, 3.8) is 0 Å². The molecule has 1 heterocycles. The third-order valence-electron chi connectivity index (χ3n) is 2.86. The Morgan fingerprint density at radius 1 is 1.38 bits per heavy atom. The minimum atomic E-state index is -4.47. The van der Waals surface area contributed by atoms with E-state index in [9.17, 15) is 22.8 Å². The molecule has 6 nitrogen and oxygen atoms in total. The van der Waals surface area contributed by atoms with Crippen molar-refractivity contribution >= 4 is 23.6 Å². The molecule has 1 aromatic rings. The number of carbonyl (C=O) groups is 2. The number of nitrogens with zero attached hydrogens (tertiary/aromatic N) is 1. The van der Waals surface area contributed by atoms with Crippen LogP contribution >= 0.6 is 11.8 Å². The number of carboxylic acid groups (broad SMARTS) is 1. The van der Waals surface area contributed by atoms with E-state index in [2.05, 4.69) is 10.3 Å². The van der Waals surface area contributed by atoms with Crippen LogP contribution in [0, 0.1) is 0 Å². The average molecular weight is 366 g/mol. The van der Waals surface area contributed by atoms with Crippen LogP contribution in [0.25, 0.3) is 0 Å². The van der Waals surface area contributed by atoms with Gasteiger partial charge in [0.15, 0.2) is 0 Å².